The molecule has 1 aliphatic carbocycles. The second-order valence-corrected chi connectivity index (χ2v) is 6.11. The van der Waals surface area contributed by atoms with Crippen LogP contribution in [0, 0.1) is 5.92 Å². The molecule has 4 nitrogen and oxygen atoms in total. The fourth-order valence-corrected chi connectivity index (χ4v) is 2.74. The standard InChI is InChI=1S/C16H25N3O/c1-19(12-13-5-8-20-9-6-13)16-10-14(4-7-17-16)11-18-15-2-3-15/h4,7,10,13,15,18H,2-3,5-6,8-9,11-12H2,1H3. The predicted octanol–water partition coefficient (Wildman–Crippen LogP) is 2.20. The van der Waals surface area contributed by atoms with Gasteiger partial charge in [0.2, 0.25) is 0 Å². The maximum Gasteiger partial charge on any atom is 0.128 e. The summed E-state index contributed by atoms with van der Waals surface area (Å²) in [5.74, 6) is 1.83. The highest BCUT2D eigenvalue weighted by Crippen LogP contribution is 2.21. The highest BCUT2D eigenvalue weighted by Gasteiger charge is 2.20. The Labute approximate surface area is 121 Å². The van der Waals surface area contributed by atoms with Gasteiger partial charge in [-0.1, -0.05) is 0 Å². The van der Waals surface area contributed by atoms with E-state index in [1.54, 1.807) is 0 Å². The molecule has 2 aliphatic rings. The van der Waals surface area contributed by atoms with Gasteiger partial charge in [-0.2, -0.15) is 0 Å². The Bertz CT molecular complexity index is 427. The quantitative estimate of drug-likeness (QED) is 0.863. The van der Waals surface area contributed by atoms with Crippen molar-refractivity contribution in [2.24, 2.45) is 5.92 Å². The second-order valence-electron chi connectivity index (χ2n) is 6.11. The fraction of sp³-hybridized carbons (Fsp3) is 0.688. The molecular weight excluding hydrogens is 250 g/mol. The Morgan fingerprint density at radius 3 is 2.85 bits per heavy atom. The van der Waals surface area contributed by atoms with E-state index in [0.29, 0.717) is 0 Å². The molecule has 0 unspecified atom stereocenters. The number of aromatic nitrogens is 1. The number of hydrogen-bond acceptors (Lipinski definition) is 4. The van der Waals surface area contributed by atoms with Crippen LogP contribution in [-0.2, 0) is 11.3 Å². The van der Waals surface area contributed by atoms with Crippen LogP contribution >= 0.6 is 0 Å². The van der Waals surface area contributed by atoms with Crippen LogP contribution in [0.25, 0.3) is 0 Å². The van der Waals surface area contributed by atoms with Gasteiger partial charge in [0.05, 0.1) is 0 Å². The smallest absolute Gasteiger partial charge is 0.128 e. The summed E-state index contributed by atoms with van der Waals surface area (Å²) >= 11 is 0. The maximum atomic E-state index is 5.42. The maximum absolute atomic E-state index is 5.42. The molecule has 0 bridgehead atoms. The number of nitrogens with one attached hydrogen (secondary N) is 1. The van der Waals surface area contributed by atoms with Crippen LogP contribution < -0.4 is 10.2 Å². The molecule has 1 N–H and O–H groups in total. The summed E-state index contributed by atoms with van der Waals surface area (Å²) in [6.07, 6.45) is 6.95. The second kappa shape index (κ2) is 6.55. The third kappa shape index (κ3) is 3.93. The summed E-state index contributed by atoms with van der Waals surface area (Å²) in [7, 11) is 2.15. The lowest BCUT2D eigenvalue weighted by Crippen LogP contribution is -2.30. The monoisotopic (exact) mass is 275 g/mol. The first-order valence-electron chi connectivity index (χ1n) is 7.78. The Hall–Kier alpha value is -1.13. The molecule has 0 spiro atoms. The van der Waals surface area contributed by atoms with Crippen molar-refractivity contribution in [3.05, 3.63) is 23.9 Å². The minimum atomic E-state index is 0.740. The van der Waals surface area contributed by atoms with Crippen molar-refractivity contribution in [2.75, 3.05) is 31.7 Å². The molecular formula is C16H25N3O. The molecule has 3 rings (SSSR count). The molecule has 2 fully saturated rings. The zero-order valence-corrected chi connectivity index (χ0v) is 12.3. The van der Waals surface area contributed by atoms with Gasteiger partial charge >= 0.3 is 0 Å². The van der Waals surface area contributed by atoms with Gasteiger partial charge in [-0.15, -0.1) is 0 Å². The lowest BCUT2D eigenvalue weighted by Gasteiger charge is -2.28. The van der Waals surface area contributed by atoms with E-state index >= 15 is 0 Å². The van der Waals surface area contributed by atoms with Gasteiger partial charge in [0.1, 0.15) is 5.82 Å². The van der Waals surface area contributed by atoms with E-state index < -0.39 is 0 Å². The van der Waals surface area contributed by atoms with Crippen LogP contribution in [0.1, 0.15) is 31.2 Å². The summed E-state index contributed by atoms with van der Waals surface area (Å²) in [6, 6.07) is 5.09. The average Bonchev–Trinajstić information content (AvgIpc) is 3.31. The van der Waals surface area contributed by atoms with Crippen molar-refractivity contribution in [1.82, 2.24) is 10.3 Å². The van der Waals surface area contributed by atoms with Crippen LogP contribution in [-0.4, -0.2) is 37.8 Å². The number of ether oxygens (including phenoxy) is 1. The molecule has 1 saturated carbocycles. The van der Waals surface area contributed by atoms with E-state index in [2.05, 4.69) is 34.4 Å². The highest BCUT2D eigenvalue weighted by molar-refractivity contribution is 5.40. The highest BCUT2D eigenvalue weighted by atomic mass is 16.5. The van der Waals surface area contributed by atoms with Crippen LogP contribution in [0.4, 0.5) is 5.82 Å². The molecule has 0 radical (unpaired) electrons. The molecule has 20 heavy (non-hydrogen) atoms. The number of anilines is 1. The van der Waals surface area contributed by atoms with Gasteiger partial charge in [-0.05, 0) is 49.3 Å². The van der Waals surface area contributed by atoms with Crippen LogP contribution in [0.15, 0.2) is 18.3 Å². The molecule has 1 aliphatic heterocycles. The summed E-state index contributed by atoms with van der Waals surface area (Å²) < 4.78 is 5.42. The van der Waals surface area contributed by atoms with Gasteiger partial charge in [0, 0.05) is 45.6 Å². The minimum absolute atomic E-state index is 0.740. The van der Waals surface area contributed by atoms with Crippen molar-refractivity contribution < 1.29 is 4.74 Å². The van der Waals surface area contributed by atoms with Gasteiger partial charge in [-0.25, -0.2) is 4.98 Å². The lowest BCUT2D eigenvalue weighted by molar-refractivity contribution is 0.0685. The Morgan fingerprint density at radius 2 is 2.10 bits per heavy atom. The molecule has 1 aromatic heterocycles. The largest absolute Gasteiger partial charge is 0.381 e. The lowest BCUT2D eigenvalue weighted by atomic mass is 10.00. The van der Waals surface area contributed by atoms with Crippen molar-refractivity contribution in [1.29, 1.82) is 0 Å². The van der Waals surface area contributed by atoms with Gasteiger partial charge in [-0.3, -0.25) is 0 Å². The van der Waals surface area contributed by atoms with E-state index in [-0.39, 0.29) is 0 Å². The van der Waals surface area contributed by atoms with E-state index in [1.165, 1.54) is 31.2 Å². The average molecular weight is 275 g/mol. The number of rotatable bonds is 6. The Morgan fingerprint density at radius 1 is 1.30 bits per heavy atom. The zero-order valence-electron chi connectivity index (χ0n) is 12.3. The summed E-state index contributed by atoms with van der Waals surface area (Å²) in [5, 5.41) is 3.56. The van der Waals surface area contributed by atoms with Gasteiger partial charge in [0.25, 0.3) is 0 Å². The van der Waals surface area contributed by atoms with Crippen molar-refractivity contribution in [3.63, 3.8) is 0 Å². The number of hydrogen-bond donors (Lipinski definition) is 1. The van der Waals surface area contributed by atoms with Gasteiger partial charge < -0.3 is 15.0 Å². The number of nitrogens with zero attached hydrogens (tertiary/aromatic N) is 2. The van der Waals surface area contributed by atoms with Gasteiger partial charge in [0.15, 0.2) is 0 Å². The van der Waals surface area contributed by atoms with Crippen molar-refractivity contribution in [3.8, 4) is 0 Å². The molecule has 0 atom stereocenters. The van der Waals surface area contributed by atoms with Crippen LogP contribution in [0.2, 0.25) is 0 Å². The summed E-state index contributed by atoms with van der Waals surface area (Å²) in [5.41, 5.74) is 1.33. The summed E-state index contributed by atoms with van der Waals surface area (Å²) in [4.78, 5) is 6.80. The van der Waals surface area contributed by atoms with E-state index in [1.807, 2.05) is 6.20 Å². The molecule has 2 heterocycles. The Balaban J connectivity index is 1.55. The first kappa shape index (κ1) is 13.8. The third-order valence-corrected chi connectivity index (χ3v) is 4.25. The SMILES string of the molecule is CN(CC1CCOCC1)c1cc(CNC2CC2)ccn1. The molecule has 1 saturated heterocycles. The first-order valence-corrected chi connectivity index (χ1v) is 7.78. The molecule has 110 valence electrons. The Kier molecular flexibility index (Phi) is 4.53. The van der Waals surface area contributed by atoms with Crippen molar-refractivity contribution >= 4 is 5.82 Å². The topological polar surface area (TPSA) is 37.4 Å². The first-order chi connectivity index (χ1) is 9.81. The zero-order chi connectivity index (χ0) is 13.8. The van der Waals surface area contributed by atoms with Crippen LogP contribution in [0.5, 0.6) is 0 Å². The third-order valence-electron chi connectivity index (χ3n) is 4.25. The van der Waals surface area contributed by atoms with Crippen molar-refractivity contribution in [2.45, 2.75) is 38.3 Å². The number of pyridine rings is 1. The van der Waals surface area contributed by atoms with Crippen LogP contribution in [0.3, 0.4) is 0 Å². The molecule has 0 amide bonds. The predicted molar refractivity (Wildman–Crippen MR) is 80.9 cm³/mol. The molecule has 1 aromatic rings. The van der Waals surface area contributed by atoms with E-state index in [0.717, 1.165) is 44.1 Å². The normalized spacial score (nSPS) is 20.1. The molecule has 4 heteroatoms. The van der Waals surface area contributed by atoms with E-state index in [9.17, 15) is 0 Å². The molecule has 0 aromatic carbocycles. The van der Waals surface area contributed by atoms with E-state index in [4.69, 9.17) is 4.74 Å². The minimum Gasteiger partial charge on any atom is -0.381 e. The summed E-state index contributed by atoms with van der Waals surface area (Å²) in [6.45, 7) is 3.87. The fourth-order valence-electron chi connectivity index (χ4n) is 2.74.